The number of hydrogen-bond donors (Lipinski definition) is 1. The van der Waals surface area contributed by atoms with Crippen LogP contribution in [0.25, 0.3) is 0 Å². The third-order valence-corrected chi connectivity index (χ3v) is 4.44. The molecule has 1 aliphatic heterocycles. The minimum Gasteiger partial charge on any atom is -0.355 e. The van der Waals surface area contributed by atoms with E-state index in [4.69, 9.17) is 0 Å². The lowest BCUT2D eigenvalue weighted by molar-refractivity contribution is -0.122. The van der Waals surface area contributed by atoms with Gasteiger partial charge in [-0.05, 0) is 50.1 Å². The summed E-state index contributed by atoms with van der Waals surface area (Å²) in [6.45, 7) is 2.52. The van der Waals surface area contributed by atoms with Crippen molar-refractivity contribution in [3.05, 3.63) is 35.9 Å². The first kappa shape index (κ1) is 13.6. The number of hydrogen-bond acceptors (Lipinski definition) is 2. The first-order valence-corrected chi connectivity index (χ1v) is 7.86. The average molecular weight is 272 g/mol. The van der Waals surface area contributed by atoms with Crippen LogP contribution < -0.4 is 5.32 Å². The molecule has 1 saturated carbocycles. The minimum atomic E-state index is 0.205. The first-order chi connectivity index (χ1) is 9.81. The minimum absolute atomic E-state index is 0.205. The van der Waals surface area contributed by atoms with E-state index in [1.165, 1.54) is 31.2 Å². The quantitative estimate of drug-likeness (QED) is 0.861. The zero-order valence-electron chi connectivity index (χ0n) is 12.1. The molecule has 2 fully saturated rings. The maximum atomic E-state index is 12.0. The molecular weight excluding hydrogens is 248 g/mol. The highest BCUT2D eigenvalue weighted by Crippen LogP contribution is 2.27. The highest BCUT2D eigenvalue weighted by atomic mass is 16.2. The first-order valence-electron chi connectivity index (χ1n) is 7.86. The Labute approximate surface area is 121 Å². The molecule has 1 atom stereocenters. The molecule has 1 unspecified atom stereocenters. The molecule has 1 heterocycles. The highest BCUT2D eigenvalue weighted by Gasteiger charge is 2.27. The smallest absolute Gasteiger partial charge is 0.234 e. The average Bonchev–Trinajstić information content (AvgIpc) is 3.20. The Hall–Kier alpha value is -1.35. The van der Waals surface area contributed by atoms with Crippen molar-refractivity contribution < 1.29 is 4.79 Å². The zero-order valence-corrected chi connectivity index (χ0v) is 12.1. The predicted molar refractivity (Wildman–Crippen MR) is 80.5 cm³/mol. The van der Waals surface area contributed by atoms with Gasteiger partial charge in [0.15, 0.2) is 0 Å². The summed E-state index contributed by atoms with van der Waals surface area (Å²) < 4.78 is 0. The summed E-state index contributed by atoms with van der Waals surface area (Å²) in [6, 6.07) is 11.1. The summed E-state index contributed by atoms with van der Waals surface area (Å²) in [5, 5.41) is 3.08. The van der Waals surface area contributed by atoms with E-state index >= 15 is 0 Å². The number of nitrogens with zero attached hydrogens (tertiary/aromatic N) is 1. The largest absolute Gasteiger partial charge is 0.355 e. The number of carbonyl (C=O) groups is 1. The topological polar surface area (TPSA) is 32.3 Å². The molecule has 2 aliphatic rings. The number of likely N-dealkylation sites (tertiary alicyclic amines) is 1. The standard InChI is InChI=1S/C17H24N2O/c20-17(18-12-15-8-9-15)13-19-10-4-7-16(19)11-14-5-2-1-3-6-14/h1-3,5-6,15-16H,4,7-13H2,(H,18,20). The van der Waals surface area contributed by atoms with Crippen LogP contribution in [0.15, 0.2) is 30.3 Å². The Morgan fingerprint density at radius 1 is 1.20 bits per heavy atom. The van der Waals surface area contributed by atoms with E-state index < -0.39 is 0 Å². The van der Waals surface area contributed by atoms with Gasteiger partial charge in [-0.1, -0.05) is 30.3 Å². The van der Waals surface area contributed by atoms with Gasteiger partial charge in [-0.15, -0.1) is 0 Å². The Morgan fingerprint density at radius 2 is 2.00 bits per heavy atom. The van der Waals surface area contributed by atoms with Crippen LogP contribution in [0, 0.1) is 5.92 Å². The molecule has 108 valence electrons. The fourth-order valence-corrected chi connectivity index (χ4v) is 3.04. The van der Waals surface area contributed by atoms with Gasteiger partial charge in [-0.25, -0.2) is 0 Å². The van der Waals surface area contributed by atoms with E-state index in [1.807, 2.05) is 0 Å². The van der Waals surface area contributed by atoms with Gasteiger partial charge in [0.1, 0.15) is 0 Å². The monoisotopic (exact) mass is 272 g/mol. The van der Waals surface area contributed by atoms with Gasteiger partial charge in [0.05, 0.1) is 6.54 Å². The molecule has 1 N–H and O–H groups in total. The van der Waals surface area contributed by atoms with Crippen LogP contribution in [0.1, 0.15) is 31.2 Å². The second-order valence-corrected chi connectivity index (χ2v) is 6.20. The third kappa shape index (κ3) is 3.83. The van der Waals surface area contributed by atoms with Crippen LogP contribution >= 0.6 is 0 Å². The van der Waals surface area contributed by atoms with E-state index in [9.17, 15) is 4.79 Å². The molecule has 1 amide bonds. The van der Waals surface area contributed by atoms with Crippen LogP contribution in [0.2, 0.25) is 0 Å². The van der Waals surface area contributed by atoms with Crippen LogP contribution in [0.4, 0.5) is 0 Å². The molecule has 20 heavy (non-hydrogen) atoms. The van der Waals surface area contributed by atoms with Gasteiger partial charge in [0, 0.05) is 12.6 Å². The Balaban J connectivity index is 1.48. The molecule has 1 saturated heterocycles. The van der Waals surface area contributed by atoms with Gasteiger partial charge in [-0.2, -0.15) is 0 Å². The number of rotatable bonds is 6. The molecule has 3 rings (SSSR count). The van der Waals surface area contributed by atoms with Crippen molar-refractivity contribution in [2.45, 2.75) is 38.1 Å². The van der Waals surface area contributed by atoms with Gasteiger partial charge in [0.2, 0.25) is 5.91 Å². The summed E-state index contributed by atoms with van der Waals surface area (Å²) in [4.78, 5) is 14.3. The Kier molecular flexibility index (Phi) is 4.36. The van der Waals surface area contributed by atoms with Crippen LogP contribution in [0.5, 0.6) is 0 Å². The highest BCUT2D eigenvalue weighted by molar-refractivity contribution is 5.78. The SMILES string of the molecule is O=C(CN1CCCC1Cc1ccccc1)NCC1CC1. The van der Waals surface area contributed by atoms with E-state index in [2.05, 4.69) is 40.5 Å². The molecule has 1 aromatic carbocycles. The summed E-state index contributed by atoms with van der Waals surface area (Å²) in [6.07, 6.45) is 6.08. The number of nitrogens with one attached hydrogen (secondary N) is 1. The van der Waals surface area contributed by atoms with Crippen LogP contribution in [-0.2, 0) is 11.2 Å². The fraction of sp³-hybridized carbons (Fsp3) is 0.588. The summed E-state index contributed by atoms with van der Waals surface area (Å²) >= 11 is 0. The summed E-state index contributed by atoms with van der Waals surface area (Å²) in [7, 11) is 0. The molecule has 1 aliphatic carbocycles. The van der Waals surface area contributed by atoms with Crippen molar-refractivity contribution in [1.82, 2.24) is 10.2 Å². The summed E-state index contributed by atoms with van der Waals surface area (Å²) in [5.74, 6) is 0.967. The van der Waals surface area contributed by atoms with E-state index in [1.54, 1.807) is 0 Å². The third-order valence-electron chi connectivity index (χ3n) is 4.44. The van der Waals surface area contributed by atoms with Gasteiger partial charge in [0.25, 0.3) is 0 Å². The normalized spacial score (nSPS) is 22.9. The van der Waals surface area contributed by atoms with E-state index in [-0.39, 0.29) is 5.91 Å². The van der Waals surface area contributed by atoms with Crippen molar-refractivity contribution in [2.75, 3.05) is 19.6 Å². The van der Waals surface area contributed by atoms with Crippen LogP contribution in [0.3, 0.4) is 0 Å². The molecule has 0 bridgehead atoms. The Morgan fingerprint density at radius 3 is 2.75 bits per heavy atom. The summed E-state index contributed by atoms with van der Waals surface area (Å²) in [5.41, 5.74) is 1.38. The molecule has 0 aromatic heterocycles. The molecule has 3 nitrogen and oxygen atoms in total. The number of amides is 1. The molecule has 1 aromatic rings. The second kappa shape index (κ2) is 6.40. The number of benzene rings is 1. The number of carbonyl (C=O) groups excluding carboxylic acids is 1. The lowest BCUT2D eigenvalue weighted by Gasteiger charge is -2.24. The van der Waals surface area contributed by atoms with Gasteiger partial charge >= 0.3 is 0 Å². The van der Waals surface area contributed by atoms with Crippen LogP contribution in [-0.4, -0.2) is 36.5 Å². The zero-order chi connectivity index (χ0) is 13.8. The van der Waals surface area contributed by atoms with Crippen molar-refractivity contribution in [1.29, 1.82) is 0 Å². The van der Waals surface area contributed by atoms with Gasteiger partial charge in [-0.3, -0.25) is 9.69 Å². The maximum absolute atomic E-state index is 12.0. The van der Waals surface area contributed by atoms with Gasteiger partial charge < -0.3 is 5.32 Å². The Bertz CT molecular complexity index is 442. The van der Waals surface area contributed by atoms with Crippen molar-refractivity contribution in [3.8, 4) is 0 Å². The van der Waals surface area contributed by atoms with Crippen molar-refractivity contribution in [2.24, 2.45) is 5.92 Å². The lowest BCUT2D eigenvalue weighted by atomic mass is 10.0. The predicted octanol–water partition coefficient (Wildman–Crippen LogP) is 2.22. The fourth-order valence-electron chi connectivity index (χ4n) is 3.04. The molecule has 0 spiro atoms. The maximum Gasteiger partial charge on any atom is 0.234 e. The molecular formula is C17H24N2O. The molecule has 0 radical (unpaired) electrons. The lowest BCUT2D eigenvalue weighted by Crippen LogP contribution is -2.41. The molecule has 3 heteroatoms. The van der Waals surface area contributed by atoms with Crippen molar-refractivity contribution >= 4 is 5.91 Å². The van der Waals surface area contributed by atoms with E-state index in [0.29, 0.717) is 12.6 Å². The van der Waals surface area contributed by atoms with E-state index in [0.717, 1.165) is 25.4 Å². The van der Waals surface area contributed by atoms with Crippen molar-refractivity contribution in [3.63, 3.8) is 0 Å². The second-order valence-electron chi connectivity index (χ2n) is 6.20.